The van der Waals surface area contributed by atoms with Gasteiger partial charge < -0.3 is 13.9 Å². The van der Waals surface area contributed by atoms with Crippen LogP contribution in [-0.2, 0) is 0 Å². The van der Waals surface area contributed by atoms with Crippen molar-refractivity contribution in [2.75, 3.05) is 4.90 Å². The van der Waals surface area contributed by atoms with Crippen LogP contribution in [0.1, 0.15) is 0 Å². The van der Waals surface area contributed by atoms with Gasteiger partial charge in [0.15, 0.2) is 0 Å². The maximum Gasteiger partial charge on any atom is 0.145 e. The summed E-state index contributed by atoms with van der Waals surface area (Å²) in [5, 5.41) is 11.9. The molecular formula is C48H30N2O. The minimum atomic E-state index is 0.886. The molecule has 3 heteroatoms. The summed E-state index contributed by atoms with van der Waals surface area (Å²) in [6.45, 7) is 0. The Morgan fingerprint density at radius 1 is 0.392 bits per heavy atom. The molecule has 0 saturated heterocycles. The van der Waals surface area contributed by atoms with E-state index in [1.54, 1.807) is 0 Å². The lowest BCUT2D eigenvalue weighted by molar-refractivity contribution is 0.672. The number of fused-ring (bicyclic) bond motifs is 11. The second kappa shape index (κ2) is 10.8. The van der Waals surface area contributed by atoms with Crippen molar-refractivity contribution in [1.82, 2.24) is 4.57 Å². The Hall–Kier alpha value is -6.84. The van der Waals surface area contributed by atoms with Crippen LogP contribution < -0.4 is 4.90 Å². The summed E-state index contributed by atoms with van der Waals surface area (Å²) >= 11 is 0. The Morgan fingerprint density at radius 2 is 0.941 bits per heavy atom. The summed E-state index contributed by atoms with van der Waals surface area (Å²) in [5.74, 6) is 0. The lowest BCUT2D eigenvalue weighted by Crippen LogP contribution is -2.11. The number of hydrogen-bond donors (Lipinski definition) is 0. The van der Waals surface area contributed by atoms with Crippen molar-refractivity contribution >= 4 is 93.1 Å². The summed E-state index contributed by atoms with van der Waals surface area (Å²) in [6, 6.07) is 65.6. The third-order valence-corrected chi connectivity index (χ3v) is 10.5. The maximum absolute atomic E-state index is 6.67. The van der Waals surface area contributed by atoms with Crippen LogP contribution in [0.15, 0.2) is 186 Å². The number of aromatic nitrogens is 1. The van der Waals surface area contributed by atoms with Gasteiger partial charge in [0.05, 0.1) is 22.1 Å². The molecule has 0 N–H and O–H groups in total. The first-order chi connectivity index (χ1) is 25.3. The fraction of sp³-hybridized carbons (Fsp3) is 0. The monoisotopic (exact) mass is 650 g/mol. The summed E-state index contributed by atoms with van der Waals surface area (Å²) in [5.41, 5.74) is 8.56. The predicted molar refractivity (Wildman–Crippen MR) is 215 cm³/mol. The number of anilines is 3. The zero-order valence-electron chi connectivity index (χ0n) is 27.6. The lowest BCUT2D eigenvalue weighted by atomic mass is 9.99. The van der Waals surface area contributed by atoms with Gasteiger partial charge in [0.1, 0.15) is 11.2 Å². The average molecular weight is 651 g/mol. The van der Waals surface area contributed by atoms with Crippen molar-refractivity contribution in [1.29, 1.82) is 0 Å². The van der Waals surface area contributed by atoms with E-state index >= 15 is 0 Å². The van der Waals surface area contributed by atoms with Crippen molar-refractivity contribution in [3.8, 4) is 5.69 Å². The van der Waals surface area contributed by atoms with Crippen LogP contribution in [0.3, 0.4) is 0 Å². The Balaban J connectivity index is 1.18. The van der Waals surface area contributed by atoms with Gasteiger partial charge in [-0.3, -0.25) is 0 Å². The zero-order valence-corrected chi connectivity index (χ0v) is 27.6. The quantitative estimate of drug-likeness (QED) is 0.177. The number of benzene rings is 9. The van der Waals surface area contributed by atoms with E-state index in [4.69, 9.17) is 4.42 Å². The number of para-hydroxylation sites is 3. The Morgan fingerprint density at radius 3 is 1.71 bits per heavy atom. The van der Waals surface area contributed by atoms with Crippen LogP contribution in [0.4, 0.5) is 17.1 Å². The number of nitrogens with zero attached hydrogens (tertiary/aromatic N) is 2. The third kappa shape index (κ3) is 4.19. The second-order valence-corrected chi connectivity index (χ2v) is 13.3. The first-order valence-corrected chi connectivity index (χ1v) is 17.4. The van der Waals surface area contributed by atoms with Gasteiger partial charge in [-0.2, -0.15) is 0 Å². The Kier molecular flexibility index (Phi) is 5.96. The van der Waals surface area contributed by atoms with Gasteiger partial charge in [0, 0.05) is 38.6 Å². The molecule has 238 valence electrons. The number of furan rings is 1. The molecule has 0 atom stereocenters. The first-order valence-electron chi connectivity index (χ1n) is 17.4. The van der Waals surface area contributed by atoms with Crippen LogP contribution >= 0.6 is 0 Å². The predicted octanol–water partition coefficient (Wildman–Crippen LogP) is 13.6. The zero-order chi connectivity index (χ0) is 33.5. The van der Waals surface area contributed by atoms with Crippen LogP contribution in [0.2, 0.25) is 0 Å². The molecule has 0 aliphatic carbocycles. The molecule has 0 spiro atoms. The third-order valence-electron chi connectivity index (χ3n) is 10.5. The highest BCUT2D eigenvalue weighted by atomic mass is 16.3. The van der Waals surface area contributed by atoms with Crippen molar-refractivity contribution < 1.29 is 4.42 Å². The van der Waals surface area contributed by atoms with E-state index in [9.17, 15) is 0 Å². The molecule has 0 unspecified atom stereocenters. The Bertz CT molecular complexity index is 3090. The average Bonchev–Trinajstić information content (AvgIpc) is 3.75. The Labute approximate surface area is 293 Å². The molecular weight excluding hydrogens is 621 g/mol. The van der Waals surface area contributed by atoms with E-state index < -0.39 is 0 Å². The van der Waals surface area contributed by atoms with E-state index in [1.807, 2.05) is 6.07 Å². The molecule has 0 fully saturated rings. The number of hydrogen-bond acceptors (Lipinski definition) is 2. The first kappa shape index (κ1) is 28.0. The smallest absolute Gasteiger partial charge is 0.145 e. The van der Waals surface area contributed by atoms with Crippen LogP contribution in [0.5, 0.6) is 0 Å². The van der Waals surface area contributed by atoms with Crippen LogP contribution in [-0.4, -0.2) is 4.57 Å². The molecule has 2 heterocycles. The standard InChI is InChI=1S/C48H30N2O/c1-3-13-37-31(11-1)21-22-33-29-36(27-28-38(33)37)49(45-30-32-12-2-4-14-39(32)48-47(45)42-17-7-10-20-46(42)51-48)34-23-25-35(26-24-34)50-43-18-8-5-15-40(43)41-16-6-9-19-44(41)50/h1-30H. The molecule has 11 rings (SSSR count). The normalized spacial score (nSPS) is 11.9. The molecule has 0 saturated carbocycles. The van der Waals surface area contributed by atoms with Gasteiger partial charge in [0.2, 0.25) is 0 Å². The maximum atomic E-state index is 6.67. The highest BCUT2D eigenvalue weighted by molar-refractivity contribution is 6.22. The lowest BCUT2D eigenvalue weighted by Gasteiger charge is -2.27. The molecule has 0 amide bonds. The van der Waals surface area contributed by atoms with E-state index in [0.29, 0.717) is 0 Å². The summed E-state index contributed by atoms with van der Waals surface area (Å²) in [4.78, 5) is 2.40. The van der Waals surface area contributed by atoms with E-state index in [1.165, 1.54) is 43.4 Å². The van der Waals surface area contributed by atoms with Crippen molar-refractivity contribution in [2.45, 2.75) is 0 Å². The van der Waals surface area contributed by atoms with E-state index in [-0.39, 0.29) is 0 Å². The SMILES string of the molecule is c1ccc2c(c1)ccc1cc(N(c3ccc(-n4c5ccccc5c5ccccc54)cc3)c3cc4ccccc4c4oc5ccccc5c34)ccc12. The fourth-order valence-electron chi connectivity index (χ4n) is 8.23. The van der Waals surface area contributed by atoms with Crippen LogP contribution in [0.25, 0.3) is 81.7 Å². The largest absolute Gasteiger partial charge is 0.455 e. The van der Waals surface area contributed by atoms with Gasteiger partial charge >= 0.3 is 0 Å². The van der Waals surface area contributed by atoms with Crippen molar-refractivity contribution in [2.24, 2.45) is 0 Å². The molecule has 0 bridgehead atoms. The molecule has 2 aromatic heterocycles. The molecule has 0 radical (unpaired) electrons. The molecule has 9 aromatic carbocycles. The second-order valence-electron chi connectivity index (χ2n) is 13.3. The van der Waals surface area contributed by atoms with Crippen molar-refractivity contribution in [3.05, 3.63) is 182 Å². The fourth-order valence-corrected chi connectivity index (χ4v) is 8.23. The summed E-state index contributed by atoms with van der Waals surface area (Å²) in [6.07, 6.45) is 0. The van der Waals surface area contributed by atoms with Crippen LogP contribution in [0, 0.1) is 0 Å². The topological polar surface area (TPSA) is 21.3 Å². The highest BCUT2D eigenvalue weighted by Crippen LogP contribution is 2.47. The summed E-state index contributed by atoms with van der Waals surface area (Å²) < 4.78 is 9.04. The van der Waals surface area contributed by atoms with Gasteiger partial charge in [-0.15, -0.1) is 0 Å². The van der Waals surface area contributed by atoms with Gasteiger partial charge in [-0.05, 0) is 87.6 Å². The van der Waals surface area contributed by atoms with E-state index in [0.717, 1.165) is 55.5 Å². The minimum absolute atomic E-state index is 0.886. The van der Waals surface area contributed by atoms with E-state index in [2.05, 4.69) is 185 Å². The number of rotatable bonds is 4. The summed E-state index contributed by atoms with van der Waals surface area (Å²) in [7, 11) is 0. The highest BCUT2D eigenvalue weighted by Gasteiger charge is 2.22. The molecule has 51 heavy (non-hydrogen) atoms. The van der Waals surface area contributed by atoms with Gasteiger partial charge in [-0.1, -0.05) is 121 Å². The molecule has 0 aliphatic rings. The molecule has 0 aliphatic heterocycles. The van der Waals surface area contributed by atoms with Gasteiger partial charge in [0.25, 0.3) is 0 Å². The van der Waals surface area contributed by atoms with Crippen molar-refractivity contribution in [3.63, 3.8) is 0 Å². The molecule has 3 nitrogen and oxygen atoms in total. The van der Waals surface area contributed by atoms with Gasteiger partial charge in [-0.25, -0.2) is 0 Å². The minimum Gasteiger partial charge on any atom is -0.455 e. The molecule has 11 aromatic rings.